The topological polar surface area (TPSA) is 98.5 Å². The third kappa shape index (κ3) is 4.60. The highest BCUT2D eigenvalue weighted by molar-refractivity contribution is 5.97. The molecule has 0 radical (unpaired) electrons. The number of para-hydroxylation sites is 1. The number of nitro benzene ring substituents is 1. The number of hydrogen-bond donors (Lipinski definition) is 1. The predicted octanol–water partition coefficient (Wildman–Crippen LogP) is 2.53. The van der Waals surface area contributed by atoms with Crippen LogP contribution in [0.25, 0.3) is 0 Å². The van der Waals surface area contributed by atoms with Gasteiger partial charge in [0.2, 0.25) is 0 Å². The van der Waals surface area contributed by atoms with Crippen molar-refractivity contribution in [3.8, 4) is 0 Å². The maximum atomic E-state index is 13.7. The molecule has 0 aliphatic rings. The Hall–Kier alpha value is -3.43. The Balaban J connectivity index is 2.32. The van der Waals surface area contributed by atoms with Gasteiger partial charge in [-0.2, -0.15) is 0 Å². The highest BCUT2D eigenvalue weighted by Crippen LogP contribution is 2.20. The Morgan fingerprint density at radius 3 is 2.33 bits per heavy atom. The molecule has 2 aromatic rings. The van der Waals surface area contributed by atoms with Gasteiger partial charge in [-0.3, -0.25) is 14.9 Å². The largest absolute Gasteiger partial charge is 0.467 e. The molecule has 0 unspecified atom stereocenters. The molecule has 0 saturated carbocycles. The van der Waals surface area contributed by atoms with E-state index < -0.39 is 45.9 Å². The molecule has 0 fully saturated rings. The van der Waals surface area contributed by atoms with Crippen LogP contribution in [0.5, 0.6) is 0 Å². The maximum Gasteiger partial charge on any atom is 0.328 e. The lowest BCUT2D eigenvalue weighted by Gasteiger charge is -2.17. The minimum atomic E-state index is -1.47. The van der Waals surface area contributed by atoms with E-state index in [2.05, 4.69) is 10.1 Å². The van der Waals surface area contributed by atoms with E-state index in [0.717, 1.165) is 7.11 Å². The molecule has 0 aliphatic carbocycles. The summed E-state index contributed by atoms with van der Waals surface area (Å²) in [6, 6.07) is 4.62. The van der Waals surface area contributed by atoms with E-state index in [4.69, 9.17) is 0 Å². The van der Waals surface area contributed by atoms with E-state index in [1.165, 1.54) is 24.3 Å². The number of ether oxygens (including phenoxy) is 1. The second-order valence-corrected chi connectivity index (χ2v) is 5.38. The number of hydrogen-bond acceptors (Lipinski definition) is 5. The van der Waals surface area contributed by atoms with Gasteiger partial charge in [-0.25, -0.2) is 18.0 Å². The van der Waals surface area contributed by atoms with Crippen LogP contribution in [-0.2, 0) is 16.0 Å². The first-order valence-corrected chi connectivity index (χ1v) is 7.50. The molecule has 142 valence electrons. The number of benzene rings is 2. The molecule has 2 aromatic carbocycles. The lowest BCUT2D eigenvalue weighted by atomic mass is 10.0. The lowest BCUT2D eigenvalue weighted by Crippen LogP contribution is -2.43. The zero-order valence-electron chi connectivity index (χ0n) is 13.9. The quantitative estimate of drug-likeness (QED) is 0.470. The number of amides is 1. The Morgan fingerprint density at radius 1 is 1.19 bits per heavy atom. The summed E-state index contributed by atoms with van der Waals surface area (Å²) in [6.07, 6.45) is -0.361. The lowest BCUT2D eigenvalue weighted by molar-refractivity contribution is -0.385. The minimum absolute atomic E-state index is 0.0956. The van der Waals surface area contributed by atoms with Crippen molar-refractivity contribution >= 4 is 17.6 Å². The number of carbonyl (C=O) groups is 2. The first kappa shape index (κ1) is 19.9. The minimum Gasteiger partial charge on any atom is -0.467 e. The van der Waals surface area contributed by atoms with Crippen LogP contribution in [0.15, 0.2) is 36.4 Å². The van der Waals surface area contributed by atoms with Crippen LogP contribution in [0.3, 0.4) is 0 Å². The Morgan fingerprint density at radius 2 is 1.78 bits per heavy atom. The molecule has 0 spiro atoms. The number of nitro groups is 1. The van der Waals surface area contributed by atoms with Crippen LogP contribution in [0.4, 0.5) is 18.9 Å². The van der Waals surface area contributed by atoms with Gasteiger partial charge in [0.25, 0.3) is 11.6 Å². The summed E-state index contributed by atoms with van der Waals surface area (Å²) in [5.74, 6) is -6.45. The molecular weight excluding hydrogens is 369 g/mol. The fraction of sp³-hybridized carbons (Fsp3) is 0.176. The molecule has 0 saturated heterocycles. The smallest absolute Gasteiger partial charge is 0.328 e. The SMILES string of the molecule is COC(=O)[C@H](Cc1ccccc1[N+](=O)[O-])NC(=O)c1c(F)cc(F)cc1F. The van der Waals surface area contributed by atoms with E-state index in [0.29, 0.717) is 12.1 Å². The van der Waals surface area contributed by atoms with Gasteiger partial charge in [-0.1, -0.05) is 18.2 Å². The summed E-state index contributed by atoms with van der Waals surface area (Å²) >= 11 is 0. The molecule has 1 atom stereocenters. The third-order valence-electron chi connectivity index (χ3n) is 3.64. The fourth-order valence-corrected chi connectivity index (χ4v) is 2.41. The van der Waals surface area contributed by atoms with E-state index in [9.17, 15) is 32.9 Å². The molecule has 1 amide bonds. The van der Waals surface area contributed by atoms with Crippen molar-refractivity contribution in [3.63, 3.8) is 0 Å². The standard InChI is InChI=1S/C17H13F3N2O5/c1-27-17(24)13(6-9-4-2-3-5-14(9)22(25)26)21-16(23)15-11(19)7-10(18)8-12(15)20/h2-5,7-8,13H,6H2,1H3,(H,21,23)/t13-/m0/s1. The summed E-state index contributed by atoms with van der Waals surface area (Å²) in [6.45, 7) is 0. The van der Waals surface area contributed by atoms with Gasteiger partial charge in [0.05, 0.1) is 12.0 Å². The fourth-order valence-electron chi connectivity index (χ4n) is 2.41. The Kier molecular flexibility index (Phi) is 6.11. The first-order chi connectivity index (χ1) is 12.7. The molecule has 7 nitrogen and oxygen atoms in total. The molecule has 0 aromatic heterocycles. The number of nitrogens with one attached hydrogen (secondary N) is 1. The summed E-state index contributed by atoms with van der Waals surface area (Å²) in [4.78, 5) is 34.5. The molecule has 27 heavy (non-hydrogen) atoms. The summed E-state index contributed by atoms with van der Waals surface area (Å²) in [7, 11) is 1.01. The van der Waals surface area contributed by atoms with Gasteiger partial charge < -0.3 is 10.1 Å². The van der Waals surface area contributed by atoms with Crippen LogP contribution < -0.4 is 5.32 Å². The van der Waals surface area contributed by atoms with Gasteiger partial charge in [-0.15, -0.1) is 0 Å². The van der Waals surface area contributed by atoms with Crippen molar-refractivity contribution in [3.05, 3.63) is 75.1 Å². The van der Waals surface area contributed by atoms with Gasteiger partial charge in [0.15, 0.2) is 0 Å². The zero-order chi connectivity index (χ0) is 20.1. The highest BCUT2D eigenvalue weighted by Gasteiger charge is 2.28. The van der Waals surface area contributed by atoms with E-state index >= 15 is 0 Å². The number of methoxy groups -OCH3 is 1. The third-order valence-corrected chi connectivity index (χ3v) is 3.64. The monoisotopic (exact) mass is 382 g/mol. The summed E-state index contributed by atoms with van der Waals surface area (Å²) in [5, 5.41) is 13.1. The molecule has 0 heterocycles. The van der Waals surface area contributed by atoms with Gasteiger partial charge in [0.1, 0.15) is 29.1 Å². The maximum absolute atomic E-state index is 13.7. The number of rotatable bonds is 6. The Labute approximate surface area is 150 Å². The van der Waals surface area contributed by atoms with Crippen LogP contribution >= 0.6 is 0 Å². The first-order valence-electron chi connectivity index (χ1n) is 7.50. The summed E-state index contributed by atoms with van der Waals surface area (Å²) < 4.78 is 45.0. The Bertz CT molecular complexity index is 881. The average molecular weight is 382 g/mol. The van der Waals surface area contributed by atoms with Crippen molar-refractivity contribution in [2.24, 2.45) is 0 Å². The van der Waals surface area contributed by atoms with Crippen molar-refractivity contribution in [2.75, 3.05) is 7.11 Å². The number of nitrogens with zero attached hydrogens (tertiary/aromatic N) is 1. The second-order valence-electron chi connectivity index (χ2n) is 5.38. The molecule has 1 N–H and O–H groups in total. The number of halogens is 3. The van der Waals surface area contributed by atoms with Crippen molar-refractivity contribution < 1.29 is 32.4 Å². The molecule has 0 bridgehead atoms. The predicted molar refractivity (Wildman–Crippen MR) is 86.4 cm³/mol. The number of carbonyl (C=O) groups excluding carboxylic acids is 2. The van der Waals surface area contributed by atoms with E-state index in [1.807, 2.05) is 0 Å². The molecular formula is C17H13F3N2O5. The average Bonchev–Trinajstić information content (AvgIpc) is 2.59. The van der Waals surface area contributed by atoms with Gasteiger partial charge in [0, 0.05) is 30.2 Å². The van der Waals surface area contributed by atoms with Crippen LogP contribution in [0.2, 0.25) is 0 Å². The van der Waals surface area contributed by atoms with Crippen LogP contribution in [0, 0.1) is 27.6 Å². The molecule has 2 rings (SSSR count). The van der Waals surface area contributed by atoms with E-state index in [1.54, 1.807) is 0 Å². The number of esters is 1. The van der Waals surface area contributed by atoms with Crippen LogP contribution in [-0.4, -0.2) is 30.0 Å². The normalized spacial score (nSPS) is 11.6. The zero-order valence-corrected chi connectivity index (χ0v) is 13.9. The summed E-state index contributed by atoms with van der Waals surface area (Å²) in [5.41, 5.74) is -1.30. The van der Waals surface area contributed by atoms with Crippen LogP contribution in [0.1, 0.15) is 15.9 Å². The van der Waals surface area contributed by atoms with E-state index in [-0.39, 0.29) is 17.7 Å². The highest BCUT2D eigenvalue weighted by atomic mass is 19.1. The van der Waals surface area contributed by atoms with Crippen molar-refractivity contribution in [2.45, 2.75) is 12.5 Å². The van der Waals surface area contributed by atoms with Gasteiger partial charge in [-0.05, 0) is 0 Å². The van der Waals surface area contributed by atoms with Gasteiger partial charge >= 0.3 is 5.97 Å². The van der Waals surface area contributed by atoms with Crippen molar-refractivity contribution in [1.29, 1.82) is 0 Å². The van der Waals surface area contributed by atoms with Crippen molar-refractivity contribution in [1.82, 2.24) is 5.32 Å². The second kappa shape index (κ2) is 8.30. The molecule has 0 aliphatic heterocycles. The molecule has 10 heteroatoms.